The molecular formula is C4H7ClINO2. The molecule has 54 valence electrons. The van der Waals surface area contributed by atoms with E-state index in [9.17, 15) is 4.79 Å². The molecule has 0 spiro atoms. The van der Waals surface area contributed by atoms with E-state index in [1.807, 2.05) is 22.9 Å². The maximum atomic E-state index is 10.4. The fourth-order valence-electron chi connectivity index (χ4n) is 0.278. The van der Waals surface area contributed by atoms with Gasteiger partial charge in [0.1, 0.15) is 0 Å². The van der Waals surface area contributed by atoms with Gasteiger partial charge < -0.3 is 4.74 Å². The van der Waals surface area contributed by atoms with Crippen LogP contribution in [0.2, 0.25) is 0 Å². The molecule has 3 nitrogen and oxygen atoms in total. The van der Waals surface area contributed by atoms with Crippen molar-refractivity contribution in [3.63, 3.8) is 0 Å². The van der Waals surface area contributed by atoms with E-state index in [1.165, 1.54) is 9.74 Å². The van der Waals surface area contributed by atoms with E-state index in [0.717, 1.165) is 0 Å². The van der Waals surface area contributed by atoms with Crippen molar-refractivity contribution in [2.45, 2.75) is 6.42 Å². The lowest BCUT2D eigenvalue weighted by atomic mass is 10.4. The minimum absolute atomic E-state index is 0.239. The highest BCUT2D eigenvalue weighted by Crippen LogP contribution is 2.03. The maximum Gasteiger partial charge on any atom is 0.306 e. The van der Waals surface area contributed by atoms with Crippen molar-refractivity contribution in [3.05, 3.63) is 0 Å². The largest absolute Gasteiger partial charge is 0.469 e. The molecule has 0 fully saturated rings. The zero-order valence-electron chi connectivity index (χ0n) is 4.93. The van der Waals surface area contributed by atoms with Crippen LogP contribution < -0.4 is 0 Å². The predicted octanol–water partition coefficient (Wildman–Crippen LogP) is 1.36. The molecule has 0 aliphatic rings. The summed E-state index contributed by atoms with van der Waals surface area (Å²) in [7, 11) is 1.36. The van der Waals surface area contributed by atoms with E-state index >= 15 is 0 Å². The quantitative estimate of drug-likeness (QED) is 0.437. The smallest absolute Gasteiger partial charge is 0.306 e. The average molecular weight is 263 g/mol. The van der Waals surface area contributed by atoms with Crippen LogP contribution in [-0.4, -0.2) is 22.3 Å². The molecule has 0 aromatic rings. The number of methoxy groups -OCH3 is 1. The van der Waals surface area contributed by atoms with Crippen LogP contribution in [0.1, 0.15) is 6.42 Å². The molecular weight excluding hydrogens is 256 g/mol. The molecule has 0 unspecified atom stereocenters. The Kier molecular flexibility index (Phi) is 5.51. The molecule has 0 radical (unpaired) electrons. The summed E-state index contributed by atoms with van der Waals surface area (Å²) in [6.07, 6.45) is 0.336. The lowest BCUT2D eigenvalue weighted by molar-refractivity contribution is -0.140. The van der Waals surface area contributed by atoms with E-state index < -0.39 is 0 Å². The molecule has 0 saturated heterocycles. The summed E-state index contributed by atoms with van der Waals surface area (Å²) in [5.41, 5.74) is 0. The summed E-state index contributed by atoms with van der Waals surface area (Å²) in [5.74, 6) is -0.239. The van der Waals surface area contributed by atoms with Gasteiger partial charge in [-0.15, -0.1) is 0 Å². The van der Waals surface area contributed by atoms with Crippen molar-refractivity contribution in [1.29, 1.82) is 0 Å². The third-order valence-electron chi connectivity index (χ3n) is 0.713. The molecule has 0 aromatic carbocycles. The van der Waals surface area contributed by atoms with Crippen LogP contribution in [0.15, 0.2) is 0 Å². The highest BCUT2D eigenvalue weighted by atomic mass is 127. The number of carbonyl (C=O) groups is 1. The lowest BCUT2D eigenvalue weighted by Gasteiger charge is -2.01. The molecule has 0 amide bonds. The number of nitrogens with zero attached hydrogens (tertiary/aromatic N) is 1. The van der Waals surface area contributed by atoms with Gasteiger partial charge in [0.25, 0.3) is 0 Å². The summed E-state index contributed by atoms with van der Waals surface area (Å²) in [4.78, 5) is 10.4. The molecule has 0 atom stereocenters. The second kappa shape index (κ2) is 5.25. The molecule has 9 heavy (non-hydrogen) atoms. The van der Waals surface area contributed by atoms with Crippen LogP contribution in [0, 0.1) is 0 Å². The second-order valence-corrected chi connectivity index (χ2v) is 3.50. The first-order valence-electron chi connectivity index (χ1n) is 2.32. The summed E-state index contributed by atoms with van der Waals surface area (Å²) in [6, 6.07) is 0. The van der Waals surface area contributed by atoms with Gasteiger partial charge in [-0.05, 0) is 11.8 Å². The van der Waals surface area contributed by atoms with Gasteiger partial charge in [-0.3, -0.25) is 4.79 Å². The monoisotopic (exact) mass is 263 g/mol. The lowest BCUT2D eigenvalue weighted by Crippen LogP contribution is -2.08. The van der Waals surface area contributed by atoms with Gasteiger partial charge in [-0.25, -0.2) is 0 Å². The Morgan fingerprint density at radius 1 is 1.89 bits per heavy atom. The van der Waals surface area contributed by atoms with Crippen LogP contribution in [-0.2, 0) is 9.53 Å². The van der Waals surface area contributed by atoms with E-state index in [1.54, 1.807) is 0 Å². The molecule has 0 rings (SSSR count). The topological polar surface area (TPSA) is 29.5 Å². The highest BCUT2D eigenvalue weighted by molar-refractivity contribution is 14.1. The zero-order valence-corrected chi connectivity index (χ0v) is 7.85. The van der Waals surface area contributed by atoms with E-state index in [4.69, 9.17) is 11.8 Å². The standard InChI is InChI=1S/C4H7ClINO2/c1-9-4(8)2-3-7(5)6/h2-3H2,1H3. The number of carbonyl (C=O) groups excluding carboxylic acids is 1. The van der Waals surface area contributed by atoms with Gasteiger partial charge in [0.15, 0.2) is 0 Å². The summed E-state index contributed by atoms with van der Waals surface area (Å²) in [6.45, 7) is 0.509. The van der Waals surface area contributed by atoms with Crippen molar-refractivity contribution < 1.29 is 9.53 Å². The molecule has 0 bridgehead atoms. The number of halogens is 2. The van der Waals surface area contributed by atoms with E-state index in [2.05, 4.69) is 4.74 Å². The van der Waals surface area contributed by atoms with Gasteiger partial charge in [-0.1, -0.05) is 0 Å². The Bertz CT molecular complexity index is 98.6. The highest BCUT2D eigenvalue weighted by Gasteiger charge is 2.01. The van der Waals surface area contributed by atoms with Crippen LogP contribution in [0.4, 0.5) is 0 Å². The SMILES string of the molecule is COC(=O)CCN(Cl)I. The van der Waals surface area contributed by atoms with E-state index in [-0.39, 0.29) is 5.97 Å². The minimum atomic E-state index is -0.239. The molecule has 0 aromatic heterocycles. The Morgan fingerprint density at radius 3 is 2.78 bits per heavy atom. The van der Waals surface area contributed by atoms with Gasteiger partial charge in [-0.2, -0.15) is 2.63 Å². The molecule has 0 heterocycles. The zero-order chi connectivity index (χ0) is 7.28. The number of esters is 1. The normalized spacial score (nSPS) is 9.78. The number of rotatable bonds is 3. The Labute approximate surface area is 72.9 Å². The number of hydrogen-bond acceptors (Lipinski definition) is 3. The average Bonchev–Trinajstić information content (AvgIpc) is 1.83. The first kappa shape index (κ1) is 9.45. The van der Waals surface area contributed by atoms with E-state index in [0.29, 0.717) is 13.0 Å². The van der Waals surface area contributed by atoms with Gasteiger partial charge >= 0.3 is 5.97 Å². The molecule has 0 aliphatic carbocycles. The maximum absolute atomic E-state index is 10.4. The number of hydrogen-bond donors (Lipinski definition) is 0. The molecule has 5 heteroatoms. The van der Waals surface area contributed by atoms with Crippen LogP contribution in [0.5, 0.6) is 0 Å². The summed E-state index contributed by atoms with van der Waals surface area (Å²) in [5, 5.41) is 0. The first-order valence-corrected chi connectivity index (χ1v) is 3.63. The molecule has 0 N–H and O–H groups in total. The third kappa shape index (κ3) is 6.33. The fourth-order valence-corrected chi connectivity index (χ4v) is 0.604. The summed E-state index contributed by atoms with van der Waals surface area (Å²) >= 11 is 7.27. The predicted molar refractivity (Wildman–Crippen MR) is 43.2 cm³/mol. The third-order valence-corrected chi connectivity index (χ3v) is 1.36. The van der Waals surface area contributed by atoms with Crippen molar-refractivity contribution in [1.82, 2.24) is 2.63 Å². The van der Waals surface area contributed by atoms with Crippen molar-refractivity contribution in [3.8, 4) is 0 Å². The molecule has 0 aliphatic heterocycles. The van der Waals surface area contributed by atoms with Crippen LogP contribution in [0.25, 0.3) is 0 Å². The summed E-state index contributed by atoms with van der Waals surface area (Å²) < 4.78 is 5.76. The van der Waals surface area contributed by atoms with Gasteiger partial charge in [0, 0.05) is 29.4 Å². The second-order valence-electron chi connectivity index (χ2n) is 1.35. The molecule has 0 saturated carbocycles. The fraction of sp³-hybridized carbons (Fsp3) is 0.750. The Hall–Kier alpha value is 0.450. The first-order chi connectivity index (χ1) is 4.16. The Balaban J connectivity index is 3.17. The van der Waals surface area contributed by atoms with Crippen LogP contribution in [0.3, 0.4) is 0 Å². The van der Waals surface area contributed by atoms with Crippen molar-refractivity contribution in [2.75, 3.05) is 13.7 Å². The van der Waals surface area contributed by atoms with Crippen molar-refractivity contribution in [2.24, 2.45) is 0 Å². The van der Waals surface area contributed by atoms with Gasteiger partial charge in [0.2, 0.25) is 0 Å². The Morgan fingerprint density at radius 2 is 2.44 bits per heavy atom. The van der Waals surface area contributed by atoms with Gasteiger partial charge in [0.05, 0.1) is 13.5 Å². The van der Waals surface area contributed by atoms with Crippen molar-refractivity contribution >= 4 is 40.6 Å². The minimum Gasteiger partial charge on any atom is -0.469 e. The number of ether oxygens (including phenoxy) is 1. The van der Waals surface area contributed by atoms with Crippen LogP contribution >= 0.6 is 34.6 Å².